The average Bonchev–Trinajstić information content (AvgIpc) is 2.85. The van der Waals surface area contributed by atoms with Crippen LogP contribution in [0.4, 0.5) is 4.39 Å². The van der Waals surface area contributed by atoms with E-state index in [9.17, 15) is 9.18 Å². The molecule has 1 amide bonds. The van der Waals surface area contributed by atoms with Gasteiger partial charge in [-0.3, -0.25) is 4.79 Å². The second kappa shape index (κ2) is 7.75. The van der Waals surface area contributed by atoms with Crippen LogP contribution >= 0.6 is 0 Å². The highest BCUT2D eigenvalue weighted by atomic mass is 19.1. The van der Waals surface area contributed by atoms with Crippen LogP contribution in [0.15, 0.2) is 28.9 Å². The Bertz CT molecular complexity index is 598. The Balaban J connectivity index is 1.79. The molecule has 0 spiro atoms. The fourth-order valence-corrected chi connectivity index (χ4v) is 2.02. The van der Waals surface area contributed by atoms with Gasteiger partial charge in [-0.1, -0.05) is 0 Å². The van der Waals surface area contributed by atoms with E-state index >= 15 is 0 Å². The molecule has 6 heteroatoms. The van der Waals surface area contributed by atoms with E-state index in [4.69, 9.17) is 9.15 Å². The summed E-state index contributed by atoms with van der Waals surface area (Å²) in [6, 6.07) is 4.30. The van der Waals surface area contributed by atoms with Crippen LogP contribution in [0.25, 0.3) is 11.0 Å². The topological polar surface area (TPSA) is 63.5 Å². The van der Waals surface area contributed by atoms with Crippen LogP contribution in [-0.2, 0) is 16.0 Å². The van der Waals surface area contributed by atoms with Crippen molar-refractivity contribution >= 4 is 16.9 Å². The molecule has 2 aromatic rings. The number of rotatable bonds is 8. The molecule has 0 radical (unpaired) electrons. The van der Waals surface area contributed by atoms with E-state index in [2.05, 4.69) is 10.6 Å². The van der Waals surface area contributed by atoms with Gasteiger partial charge in [0.2, 0.25) is 5.91 Å². The van der Waals surface area contributed by atoms with Gasteiger partial charge >= 0.3 is 0 Å². The lowest BCUT2D eigenvalue weighted by atomic mass is 10.1. The van der Waals surface area contributed by atoms with E-state index < -0.39 is 0 Å². The number of amides is 1. The average molecular weight is 294 g/mol. The monoisotopic (exact) mass is 294 g/mol. The second-order valence-corrected chi connectivity index (χ2v) is 4.67. The summed E-state index contributed by atoms with van der Waals surface area (Å²) in [5.41, 5.74) is 1.22. The van der Waals surface area contributed by atoms with Crippen LogP contribution in [0.3, 0.4) is 0 Å². The number of carbonyl (C=O) groups excluding carboxylic acids is 1. The molecular formula is C15H19FN2O3. The third kappa shape index (κ3) is 4.54. The first-order valence-electron chi connectivity index (χ1n) is 6.82. The highest BCUT2D eigenvalue weighted by Crippen LogP contribution is 2.22. The molecule has 0 bridgehead atoms. The molecule has 5 nitrogen and oxygen atoms in total. The van der Waals surface area contributed by atoms with Crippen LogP contribution in [0.2, 0.25) is 0 Å². The van der Waals surface area contributed by atoms with E-state index in [1.165, 1.54) is 18.4 Å². The molecule has 0 saturated carbocycles. The van der Waals surface area contributed by atoms with E-state index in [1.54, 1.807) is 13.2 Å². The van der Waals surface area contributed by atoms with E-state index in [-0.39, 0.29) is 18.1 Å². The van der Waals surface area contributed by atoms with Gasteiger partial charge in [-0.15, -0.1) is 0 Å². The number of ether oxygens (including phenoxy) is 1. The molecular weight excluding hydrogens is 275 g/mol. The Morgan fingerprint density at radius 2 is 2.19 bits per heavy atom. The molecule has 0 atom stereocenters. The first-order chi connectivity index (χ1) is 10.2. The minimum atomic E-state index is -0.352. The molecule has 0 aliphatic rings. The standard InChI is InChI=1S/C15H19FN2O3/c1-20-7-6-17-4-5-18-15(19)8-11-10-21-14-9-12(16)2-3-13(11)14/h2-3,9-10,17H,4-8H2,1H3,(H,18,19). The molecule has 2 N–H and O–H groups in total. The summed E-state index contributed by atoms with van der Waals surface area (Å²) in [7, 11) is 1.64. The molecule has 114 valence electrons. The van der Waals surface area contributed by atoms with Gasteiger partial charge in [0.05, 0.1) is 19.3 Å². The van der Waals surface area contributed by atoms with Gasteiger partial charge in [0, 0.05) is 43.8 Å². The summed E-state index contributed by atoms with van der Waals surface area (Å²) in [5, 5.41) is 6.72. The lowest BCUT2D eigenvalue weighted by Crippen LogP contribution is -2.33. The van der Waals surface area contributed by atoms with Crippen molar-refractivity contribution in [3.63, 3.8) is 0 Å². The summed E-state index contributed by atoms with van der Waals surface area (Å²) in [4.78, 5) is 11.8. The van der Waals surface area contributed by atoms with Gasteiger partial charge in [-0.2, -0.15) is 0 Å². The van der Waals surface area contributed by atoms with Crippen molar-refractivity contribution < 1.29 is 18.3 Å². The zero-order valence-corrected chi connectivity index (χ0v) is 11.9. The Kier molecular flexibility index (Phi) is 5.71. The van der Waals surface area contributed by atoms with Crippen LogP contribution in [0, 0.1) is 5.82 Å². The maximum absolute atomic E-state index is 13.0. The number of hydrogen-bond acceptors (Lipinski definition) is 4. The number of nitrogens with one attached hydrogen (secondary N) is 2. The van der Waals surface area contributed by atoms with Crippen molar-refractivity contribution in [2.24, 2.45) is 0 Å². The molecule has 0 unspecified atom stereocenters. The summed E-state index contributed by atoms with van der Waals surface area (Å²) >= 11 is 0. The molecule has 0 aliphatic carbocycles. The Hall–Kier alpha value is -1.92. The SMILES string of the molecule is COCCNCCNC(=O)Cc1coc2cc(F)ccc12. The number of halogens is 1. The predicted molar refractivity (Wildman–Crippen MR) is 77.6 cm³/mol. The summed E-state index contributed by atoms with van der Waals surface area (Å²) in [5.74, 6) is -0.439. The first-order valence-corrected chi connectivity index (χ1v) is 6.82. The van der Waals surface area contributed by atoms with Gasteiger partial charge in [-0.05, 0) is 12.1 Å². The van der Waals surface area contributed by atoms with Crippen LogP contribution < -0.4 is 10.6 Å². The highest BCUT2D eigenvalue weighted by Gasteiger charge is 2.10. The molecule has 2 rings (SSSR count). The zero-order valence-electron chi connectivity index (χ0n) is 11.9. The van der Waals surface area contributed by atoms with Crippen molar-refractivity contribution in [3.05, 3.63) is 35.8 Å². The van der Waals surface area contributed by atoms with Gasteiger partial charge in [0.1, 0.15) is 11.4 Å². The maximum Gasteiger partial charge on any atom is 0.224 e. The third-order valence-electron chi connectivity index (χ3n) is 3.08. The molecule has 0 saturated heterocycles. The smallest absolute Gasteiger partial charge is 0.224 e. The summed E-state index contributed by atoms with van der Waals surface area (Å²) in [6.45, 7) is 2.63. The molecule has 1 aromatic carbocycles. The van der Waals surface area contributed by atoms with Gasteiger partial charge in [-0.25, -0.2) is 4.39 Å². The summed E-state index contributed by atoms with van der Waals surface area (Å²) in [6.07, 6.45) is 1.72. The van der Waals surface area contributed by atoms with Gasteiger partial charge in [0.15, 0.2) is 0 Å². The molecule has 21 heavy (non-hydrogen) atoms. The fourth-order valence-electron chi connectivity index (χ4n) is 2.02. The van der Waals surface area contributed by atoms with Crippen molar-refractivity contribution in [3.8, 4) is 0 Å². The number of hydrogen-bond donors (Lipinski definition) is 2. The van der Waals surface area contributed by atoms with Crippen LogP contribution in [0.5, 0.6) is 0 Å². The third-order valence-corrected chi connectivity index (χ3v) is 3.08. The summed E-state index contributed by atoms with van der Waals surface area (Å²) < 4.78 is 23.2. The fraction of sp³-hybridized carbons (Fsp3) is 0.400. The Morgan fingerprint density at radius 1 is 1.33 bits per heavy atom. The van der Waals surface area contributed by atoms with Crippen molar-refractivity contribution in [1.29, 1.82) is 0 Å². The van der Waals surface area contributed by atoms with Crippen LogP contribution in [0.1, 0.15) is 5.56 Å². The number of fused-ring (bicyclic) bond motifs is 1. The molecule has 0 fully saturated rings. The normalized spacial score (nSPS) is 11.0. The second-order valence-electron chi connectivity index (χ2n) is 4.67. The number of methoxy groups -OCH3 is 1. The van der Waals surface area contributed by atoms with E-state index in [1.807, 2.05) is 0 Å². The van der Waals surface area contributed by atoms with E-state index in [0.717, 1.165) is 17.5 Å². The minimum absolute atomic E-state index is 0.0874. The zero-order chi connectivity index (χ0) is 15.1. The predicted octanol–water partition coefficient (Wildman–Crippen LogP) is 1.47. The maximum atomic E-state index is 13.0. The quantitative estimate of drug-likeness (QED) is 0.724. The highest BCUT2D eigenvalue weighted by molar-refractivity contribution is 5.87. The molecule has 1 heterocycles. The molecule has 0 aliphatic heterocycles. The number of benzene rings is 1. The van der Waals surface area contributed by atoms with Crippen molar-refractivity contribution in [1.82, 2.24) is 10.6 Å². The number of furan rings is 1. The number of carbonyl (C=O) groups is 1. The Morgan fingerprint density at radius 3 is 3.00 bits per heavy atom. The van der Waals surface area contributed by atoms with E-state index in [0.29, 0.717) is 25.3 Å². The first kappa shape index (κ1) is 15.5. The van der Waals surface area contributed by atoms with Crippen molar-refractivity contribution in [2.45, 2.75) is 6.42 Å². The lowest BCUT2D eigenvalue weighted by Gasteiger charge is -2.06. The Labute approximate surface area is 122 Å². The largest absolute Gasteiger partial charge is 0.464 e. The van der Waals surface area contributed by atoms with Gasteiger partial charge < -0.3 is 19.8 Å². The van der Waals surface area contributed by atoms with Crippen LogP contribution in [-0.4, -0.2) is 39.3 Å². The van der Waals surface area contributed by atoms with Crippen molar-refractivity contribution in [2.75, 3.05) is 33.4 Å². The lowest BCUT2D eigenvalue weighted by molar-refractivity contribution is -0.120. The van der Waals surface area contributed by atoms with Gasteiger partial charge in [0.25, 0.3) is 0 Å². The minimum Gasteiger partial charge on any atom is -0.464 e. The molecule has 1 aromatic heterocycles.